The number of nitro benzene ring substituents is 1. The van der Waals surface area contributed by atoms with E-state index in [9.17, 15) is 14.9 Å². The van der Waals surface area contributed by atoms with Crippen LogP contribution in [0.5, 0.6) is 0 Å². The van der Waals surface area contributed by atoms with Crippen molar-refractivity contribution in [1.82, 2.24) is 20.4 Å². The lowest BCUT2D eigenvalue weighted by molar-refractivity contribution is -0.384. The van der Waals surface area contributed by atoms with Gasteiger partial charge in [-0.15, -0.1) is 0 Å². The highest BCUT2D eigenvalue weighted by molar-refractivity contribution is 5.89. The van der Waals surface area contributed by atoms with E-state index in [0.29, 0.717) is 17.6 Å². The number of rotatable bonds is 6. The fraction of sp³-hybridized carbons (Fsp3) is 0.444. The molecule has 0 unspecified atom stereocenters. The maximum Gasteiger partial charge on any atom is 0.337 e. The van der Waals surface area contributed by atoms with Crippen LogP contribution in [0, 0.1) is 10.1 Å². The third kappa shape index (κ3) is 4.64. The molecule has 0 aliphatic carbocycles. The zero-order chi connectivity index (χ0) is 20.9. The largest absolute Gasteiger partial charge is 0.341 e. The molecule has 4 rings (SSSR count). The van der Waals surface area contributed by atoms with Crippen LogP contribution in [-0.2, 0) is 0 Å². The number of anilines is 4. The maximum absolute atomic E-state index is 12.2. The van der Waals surface area contributed by atoms with Crippen molar-refractivity contribution in [1.29, 1.82) is 0 Å². The zero-order valence-corrected chi connectivity index (χ0v) is 16.4. The first-order valence-electron chi connectivity index (χ1n) is 9.92. The van der Waals surface area contributed by atoms with Crippen LogP contribution in [0.1, 0.15) is 25.7 Å². The van der Waals surface area contributed by atoms with Gasteiger partial charge in [0.05, 0.1) is 4.92 Å². The van der Waals surface area contributed by atoms with Gasteiger partial charge in [-0.25, -0.2) is 10.2 Å². The SMILES string of the molecule is O=C(NNc1nc(N2CCCC2)nc(N2CCCC2)n1)Nc1ccc([N+](=O)[O-])cc1. The molecule has 2 aromatic rings. The van der Waals surface area contributed by atoms with Gasteiger partial charge in [0.15, 0.2) is 0 Å². The molecule has 3 heterocycles. The van der Waals surface area contributed by atoms with Gasteiger partial charge >= 0.3 is 6.03 Å². The lowest BCUT2D eigenvalue weighted by atomic mass is 10.3. The number of hydrogen-bond acceptors (Lipinski definition) is 9. The number of non-ortho nitro benzene ring substituents is 1. The van der Waals surface area contributed by atoms with Gasteiger partial charge in [0.25, 0.3) is 5.69 Å². The summed E-state index contributed by atoms with van der Waals surface area (Å²) in [6.07, 6.45) is 4.40. The molecule has 1 aromatic carbocycles. The van der Waals surface area contributed by atoms with Gasteiger partial charge in [0.1, 0.15) is 0 Å². The molecule has 2 aliphatic heterocycles. The van der Waals surface area contributed by atoms with Crippen molar-refractivity contribution < 1.29 is 9.72 Å². The smallest absolute Gasteiger partial charge is 0.337 e. The van der Waals surface area contributed by atoms with E-state index in [1.54, 1.807) is 0 Å². The van der Waals surface area contributed by atoms with Crippen LogP contribution in [0.15, 0.2) is 24.3 Å². The average molecular weight is 413 g/mol. The highest BCUT2D eigenvalue weighted by atomic mass is 16.6. The van der Waals surface area contributed by atoms with E-state index in [2.05, 4.69) is 40.9 Å². The van der Waals surface area contributed by atoms with E-state index in [4.69, 9.17) is 0 Å². The Morgan fingerprint density at radius 3 is 1.93 bits per heavy atom. The number of carbonyl (C=O) groups is 1. The maximum atomic E-state index is 12.2. The highest BCUT2D eigenvalue weighted by Crippen LogP contribution is 2.22. The summed E-state index contributed by atoms with van der Waals surface area (Å²) in [4.78, 5) is 40.1. The Bertz CT molecular complexity index is 875. The van der Waals surface area contributed by atoms with E-state index in [1.807, 2.05) is 0 Å². The molecular formula is C18H23N9O3. The minimum Gasteiger partial charge on any atom is -0.341 e. The van der Waals surface area contributed by atoms with E-state index >= 15 is 0 Å². The number of benzene rings is 1. The molecule has 3 N–H and O–H groups in total. The van der Waals surface area contributed by atoms with Gasteiger partial charge in [0.2, 0.25) is 17.8 Å². The Labute approximate surface area is 172 Å². The number of nitro groups is 1. The summed E-state index contributed by atoms with van der Waals surface area (Å²) in [5, 5.41) is 13.3. The second-order valence-electron chi connectivity index (χ2n) is 7.16. The van der Waals surface area contributed by atoms with E-state index in [0.717, 1.165) is 51.9 Å². The molecule has 0 bridgehead atoms. The predicted molar refractivity (Wildman–Crippen MR) is 112 cm³/mol. The first kappa shape index (κ1) is 19.6. The molecule has 30 heavy (non-hydrogen) atoms. The molecule has 2 fully saturated rings. The van der Waals surface area contributed by atoms with Gasteiger partial charge in [-0.3, -0.25) is 15.5 Å². The fourth-order valence-corrected chi connectivity index (χ4v) is 3.47. The summed E-state index contributed by atoms with van der Waals surface area (Å²) < 4.78 is 0. The van der Waals surface area contributed by atoms with Gasteiger partial charge in [-0.2, -0.15) is 15.0 Å². The topological polar surface area (TPSA) is 141 Å². The first-order valence-corrected chi connectivity index (χ1v) is 9.92. The summed E-state index contributed by atoms with van der Waals surface area (Å²) in [7, 11) is 0. The molecule has 1 aromatic heterocycles. The summed E-state index contributed by atoms with van der Waals surface area (Å²) in [6.45, 7) is 3.60. The Hall–Kier alpha value is -3.70. The Kier molecular flexibility index (Phi) is 5.72. The zero-order valence-electron chi connectivity index (χ0n) is 16.4. The molecule has 2 aliphatic rings. The fourth-order valence-electron chi connectivity index (χ4n) is 3.47. The summed E-state index contributed by atoms with van der Waals surface area (Å²) in [5.41, 5.74) is 5.61. The normalized spacial score (nSPS) is 15.9. The molecular weight excluding hydrogens is 390 g/mol. The molecule has 2 saturated heterocycles. The lowest BCUT2D eigenvalue weighted by Gasteiger charge is -2.20. The highest BCUT2D eigenvalue weighted by Gasteiger charge is 2.21. The summed E-state index contributed by atoms with van der Waals surface area (Å²) in [5.74, 6) is 1.46. The number of hydrazine groups is 1. The molecule has 158 valence electrons. The minimum absolute atomic E-state index is 0.0480. The van der Waals surface area contributed by atoms with Crippen LogP contribution in [0.25, 0.3) is 0 Å². The van der Waals surface area contributed by atoms with Gasteiger partial charge in [-0.1, -0.05) is 0 Å². The van der Waals surface area contributed by atoms with Gasteiger partial charge in [-0.05, 0) is 37.8 Å². The standard InChI is InChI=1S/C18H23N9O3/c28-18(19-13-5-7-14(8-6-13)27(29)30)24-23-15-20-16(25-9-1-2-10-25)22-17(21-15)26-11-3-4-12-26/h5-8H,1-4,9-12H2,(H2,19,24,28)(H,20,21,22,23). The molecule has 0 radical (unpaired) electrons. The summed E-state index contributed by atoms with van der Waals surface area (Å²) in [6, 6.07) is 5.00. The van der Waals surface area contributed by atoms with Crippen LogP contribution in [-0.4, -0.2) is 52.1 Å². The molecule has 2 amide bonds. The number of nitrogens with zero attached hydrogens (tertiary/aromatic N) is 6. The number of amides is 2. The van der Waals surface area contributed by atoms with E-state index in [-0.39, 0.29) is 11.6 Å². The van der Waals surface area contributed by atoms with Crippen LogP contribution in [0.3, 0.4) is 0 Å². The van der Waals surface area contributed by atoms with Crippen LogP contribution in [0.4, 0.5) is 34.0 Å². The van der Waals surface area contributed by atoms with Crippen LogP contribution in [0.2, 0.25) is 0 Å². The van der Waals surface area contributed by atoms with Crippen molar-refractivity contribution in [3.05, 3.63) is 34.4 Å². The Morgan fingerprint density at radius 2 is 1.43 bits per heavy atom. The predicted octanol–water partition coefficient (Wildman–Crippen LogP) is 2.13. The van der Waals surface area contributed by atoms with Crippen LogP contribution >= 0.6 is 0 Å². The number of urea groups is 1. The number of carbonyl (C=O) groups excluding carboxylic acids is 1. The second kappa shape index (κ2) is 8.76. The van der Waals surface area contributed by atoms with Crippen molar-refractivity contribution >= 4 is 35.3 Å². The summed E-state index contributed by atoms with van der Waals surface area (Å²) >= 11 is 0. The van der Waals surface area contributed by atoms with Crippen molar-refractivity contribution in [2.24, 2.45) is 0 Å². The number of hydrogen-bond donors (Lipinski definition) is 3. The minimum atomic E-state index is -0.547. The monoisotopic (exact) mass is 413 g/mol. The molecule has 0 saturated carbocycles. The van der Waals surface area contributed by atoms with Crippen molar-refractivity contribution in [3.63, 3.8) is 0 Å². The number of aromatic nitrogens is 3. The van der Waals surface area contributed by atoms with Crippen LogP contribution < -0.4 is 26.0 Å². The average Bonchev–Trinajstić information content (AvgIpc) is 3.47. The third-order valence-electron chi connectivity index (χ3n) is 5.01. The third-order valence-corrected chi connectivity index (χ3v) is 5.01. The van der Waals surface area contributed by atoms with Crippen molar-refractivity contribution in [3.8, 4) is 0 Å². The number of nitrogens with one attached hydrogen (secondary N) is 3. The van der Waals surface area contributed by atoms with E-state index in [1.165, 1.54) is 24.3 Å². The quantitative estimate of drug-likeness (QED) is 0.479. The second-order valence-corrected chi connectivity index (χ2v) is 7.16. The first-order chi connectivity index (χ1) is 14.6. The van der Waals surface area contributed by atoms with Gasteiger partial charge < -0.3 is 15.1 Å². The molecule has 0 atom stereocenters. The Balaban J connectivity index is 1.42. The molecule has 12 heteroatoms. The molecule has 12 nitrogen and oxygen atoms in total. The molecule has 0 spiro atoms. The van der Waals surface area contributed by atoms with Gasteiger partial charge in [0, 0.05) is 44.0 Å². The Morgan fingerprint density at radius 1 is 0.900 bits per heavy atom. The van der Waals surface area contributed by atoms with Crippen molar-refractivity contribution in [2.45, 2.75) is 25.7 Å². The van der Waals surface area contributed by atoms with E-state index < -0.39 is 11.0 Å². The van der Waals surface area contributed by atoms with Crippen molar-refractivity contribution in [2.75, 3.05) is 46.7 Å². The lowest BCUT2D eigenvalue weighted by Crippen LogP contribution is -2.35.